The molecular formula is C22H18BrN5O2. The maximum Gasteiger partial charge on any atom is 0.267 e. The second kappa shape index (κ2) is 8.46. The zero-order valence-electron chi connectivity index (χ0n) is 16.1. The van der Waals surface area contributed by atoms with E-state index in [9.17, 15) is 4.79 Å². The van der Waals surface area contributed by atoms with E-state index in [0.717, 1.165) is 26.6 Å². The van der Waals surface area contributed by atoms with E-state index in [1.807, 2.05) is 54.4 Å². The maximum atomic E-state index is 11.3. The summed E-state index contributed by atoms with van der Waals surface area (Å²) in [5.74, 6) is 0.718. The van der Waals surface area contributed by atoms with Crippen molar-refractivity contribution in [2.24, 2.45) is 5.73 Å². The molecule has 2 heterocycles. The smallest absolute Gasteiger partial charge is 0.267 e. The Morgan fingerprint density at radius 3 is 2.67 bits per heavy atom. The molecule has 4 rings (SSSR count). The molecule has 2 N–H and O–H groups in total. The fourth-order valence-corrected chi connectivity index (χ4v) is 3.16. The van der Waals surface area contributed by atoms with Gasteiger partial charge in [0, 0.05) is 35.0 Å². The molecule has 0 aliphatic rings. The molecule has 30 heavy (non-hydrogen) atoms. The van der Waals surface area contributed by atoms with Crippen molar-refractivity contribution < 1.29 is 9.53 Å². The fourth-order valence-electron chi connectivity index (χ4n) is 2.90. The number of amides is 1. The molecule has 8 heteroatoms. The zero-order valence-corrected chi connectivity index (χ0v) is 17.7. The lowest BCUT2D eigenvalue weighted by Crippen LogP contribution is -2.13. The van der Waals surface area contributed by atoms with Crippen LogP contribution >= 0.6 is 15.9 Å². The number of carbonyl (C=O) groups excluding carboxylic acids is 1. The highest BCUT2D eigenvalue weighted by Crippen LogP contribution is 2.25. The number of halogens is 1. The fraction of sp³-hybridized carbons (Fsp3) is 0.0909. The summed E-state index contributed by atoms with van der Waals surface area (Å²) in [6.07, 6.45) is 3.31. The predicted molar refractivity (Wildman–Crippen MR) is 119 cm³/mol. The summed E-state index contributed by atoms with van der Waals surface area (Å²) >= 11 is 3.44. The number of rotatable bonds is 6. The van der Waals surface area contributed by atoms with E-state index in [-0.39, 0.29) is 5.69 Å². The summed E-state index contributed by atoms with van der Waals surface area (Å²) in [5.41, 5.74) is 8.09. The van der Waals surface area contributed by atoms with E-state index in [0.29, 0.717) is 18.3 Å². The average molecular weight is 464 g/mol. The summed E-state index contributed by atoms with van der Waals surface area (Å²) in [6, 6.07) is 17.0. The Morgan fingerprint density at radius 1 is 1.10 bits per heavy atom. The number of nitrogens with zero attached hydrogens (tertiary/aromatic N) is 4. The molecule has 0 saturated carbocycles. The third kappa shape index (κ3) is 4.38. The third-order valence-electron chi connectivity index (χ3n) is 4.53. The van der Waals surface area contributed by atoms with Crippen LogP contribution in [0.1, 0.15) is 16.1 Å². The third-order valence-corrected chi connectivity index (χ3v) is 5.06. The minimum Gasteiger partial charge on any atom is -0.489 e. The van der Waals surface area contributed by atoms with E-state index in [1.54, 1.807) is 18.3 Å². The molecule has 150 valence electrons. The molecule has 0 saturated heterocycles. The van der Waals surface area contributed by atoms with Crippen molar-refractivity contribution in [1.29, 1.82) is 0 Å². The molecule has 0 spiro atoms. The number of hydrogen-bond acceptors (Lipinski definition) is 6. The Kier molecular flexibility index (Phi) is 5.58. The van der Waals surface area contributed by atoms with Crippen molar-refractivity contribution in [3.05, 3.63) is 82.7 Å². The second-order valence-corrected chi connectivity index (χ2v) is 7.54. The molecule has 0 unspecified atom stereocenters. The highest BCUT2D eigenvalue weighted by Gasteiger charge is 2.09. The summed E-state index contributed by atoms with van der Waals surface area (Å²) in [7, 11) is 1.93. The van der Waals surface area contributed by atoms with E-state index >= 15 is 0 Å². The van der Waals surface area contributed by atoms with Gasteiger partial charge in [0.15, 0.2) is 0 Å². The van der Waals surface area contributed by atoms with Crippen LogP contribution in [0.3, 0.4) is 0 Å². The Labute approximate surface area is 181 Å². The molecule has 4 aromatic rings. The molecule has 7 nitrogen and oxygen atoms in total. The number of hydrogen-bond donors (Lipinski definition) is 1. The van der Waals surface area contributed by atoms with Gasteiger partial charge in [-0.3, -0.25) is 9.78 Å². The Bertz CT molecular complexity index is 1210. The summed E-state index contributed by atoms with van der Waals surface area (Å²) in [4.78, 5) is 26.2. The lowest BCUT2D eigenvalue weighted by molar-refractivity contribution is 0.0995. The number of pyridine rings is 1. The van der Waals surface area contributed by atoms with E-state index < -0.39 is 5.91 Å². The van der Waals surface area contributed by atoms with Gasteiger partial charge in [0.1, 0.15) is 18.1 Å². The number of benzene rings is 2. The van der Waals surface area contributed by atoms with Crippen LogP contribution in [-0.2, 0) is 6.61 Å². The van der Waals surface area contributed by atoms with Gasteiger partial charge >= 0.3 is 0 Å². The van der Waals surface area contributed by atoms with Gasteiger partial charge in [0.05, 0.1) is 5.52 Å². The van der Waals surface area contributed by atoms with Gasteiger partial charge in [-0.25, -0.2) is 9.97 Å². The molecular weight excluding hydrogens is 446 g/mol. The first-order valence-corrected chi connectivity index (χ1v) is 9.92. The number of anilines is 2. The van der Waals surface area contributed by atoms with Crippen molar-refractivity contribution in [1.82, 2.24) is 15.0 Å². The van der Waals surface area contributed by atoms with Crippen LogP contribution in [-0.4, -0.2) is 27.9 Å². The van der Waals surface area contributed by atoms with E-state index in [4.69, 9.17) is 10.5 Å². The molecule has 0 bridgehead atoms. The monoisotopic (exact) mass is 463 g/mol. The topological polar surface area (TPSA) is 94.2 Å². The molecule has 0 aliphatic heterocycles. The predicted octanol–water partition coefficient (Wildman–Crippen LogP) is 4.23. The van der Waals surface area contributed by atoms with Crippen LogP contribution in [0.2, 0.25) is 0 Å². The quantitative estimate of drug-likeness (QED) is 0.459. The number of nitrogens with two attached hydrogens (primary N) is 1. The first kappa shape index (κ1) is 19.8. The second-order valence-electron chi connectivity index (χ2n) is 6.63. The number of aromatic nitrogens is 3. The van der Waals surface area contributed by atoms with Crippen LogP contribution in [0.5, 0.6) is 5.75 Å². The lowest BCUT2D eigenvalue weighted by atomic mass is 10.2. The number of fused-ring (bicyclic) bond motifs is 1. The van der Waals surface area contributed by atoms with Crippen molar-refractivity contribution >= 4 is 44.4 Å². The number of ether oxygens (including phenoxy) is 1. The molecule has 0 fully saturated rings. The lowest BCUT2D eigenvalue weighted by Gasteiger charge is -2.17. The highest BCUT2D eigenvalue weighted by molar-refractivity contribution is 9.10. The summed E-state index contributed by atoms with van der Waals surface area (Å²) < 4.78 is 6.86. The van der Waals surface area contributed by atoms with Gasteiger partial charge in [-0.1, -0.05) is 15.9 Å². The van der Waals surface area contributed by atoms with Gasteiger partial charge in [-0.15, -0.1) is 0 Å². The van der Waals surface area contributed by atoms with Gasteiger partial charge in [-0.05, 0) is 60.2 Å². The van der Waals surface area contributed by atoms with Gasteiger partial charge in [-0.2, -0.15) is 0 Å². The largest absolute Gasteiger partial charge is 0.489 e. The maximum absolute atomic E-state index is 11.3. The molecule has 0 aliphatic carbocycles. The van der Waals surface area contributed by atoms with E-state index in [2.05, 4.69) is 30.9 Å². The van der Waals surface area contributed by atoms with Crippen molar-refractivity contribution in [2.45, 2.75) is 6.61 Å². The number of carbonyl (C=O) groups is 1. The highest BCUT2D eigenvalue weighted by atomic mass is 79.9. The van der Waals surface area contributed by atoms with Crippen molar-refractivity contribution in [2.75, 3.05) is 11.9 Å². The first-order valence-electron chi connectivity index (χ1n) is 9.13. The molecule has 2 aromatic heterocycles. The van der Waals surface area contributed by atoms with Gasteiger partial charge in [0.25, 0.3) is 5.91 Å². The van der Waals surface area contributed by atoms with Crippen LogP contribution in [0.25, 0.3) is 10.9 Å². The molecule has 0 radical (unpaired) electrons. The minimum atomic E-state index is -0.566. The van der Waals surface area contributed by atoms with Crippen molar-refractivity contribution in [3.8, 4) is 5.75 Å². The molecule has 0 atom stereocenters. The van der Waals surface area contributed by atoms with Crippen LogP contribution in [0.4, 0.5) is 11.6 Å². The standard InChI is InChI=1S/C22H18BrN5O2/c1-28(17-4-2-16(23)3-5-17)22-26-12-15-11-18(6-7-19(15)27-22)30-13-14-8-9-25-20(10-14)21(24)29/h2-12H,13H2,1H3,(H2,24,29). The van der Waals surface area contributed by atoms with E-state index in [1.165, 1.54) is 6.20 Å². The van der Waals surface area contributed by atoms with Crippen LogP contribution < -0.4 is 15.4 Å². The SMILES string of the molecule is CN(c1ccc(Br)cc1)c1ncc2cc(OCc3ccnc(C(N)=O)c3)ccc2n1. The minimum absolute atomic E-state index is 0.213. The van der Waals surface area contributed by atoms with Gasteiger partial charge in [0.2, 0.25) is 5.95 Å². The number of primary amides is 1. The van der Waals surface area contributed by atoms with Crippen LogP contribution in [0, 0.1) is 0 Å². The Hall–Kier alpha value is -3.52. The molecule has 2 aromatic carbocycles. The normalized spacial score (nSPS) is 10.7. The summed E-state index contributed by atoms with van der Waals surface area (Å²) in [5, 5.41) is 0.869. The van der Waals surface area contributed by atoms with Crippen LogP contribution in [0.15, 0.2) is 71.5 Å². The van der Waals surface area contributed by atoms with Gasteiger partial charge < -0.3 is 15.4 Å². The first-order chi connectivity index (χ1) is 14.5. The zero-order chi connectivity index (χ0) is 21.1. The summed E-state index contributed by atoms with van der Waals surface area (Å²) in [6.45, 7) is 0.291. The Morgan fingerprint density at radius 2 is 1.90 bits per heavy atom. The molecule has 1 amide bonds. The Balaban J connectivity index is 1.51. The van der Waals surface area contributed by atoms with Crippen molar-refractivity contribution in [3.63, 3.8) is 0 Å². The average Bonchev–Trinajstić information content (AvgIpc) is 2.77.